The molecule has 0 spiro atoms. The van der Waals surface area contributed by atoms with Crippen molar-refractivity contribution < 1.29 is 19.8 Å². The molecule has 0 saturated heterocycles. The molecule has 4 nitrogen and oxygen atoms in total. The Kier molecular flexibility index (Phi) is 12.7. The fourth-order valence-corrected chi connectivity index (χ4v) is 2.79. The van der Waals surface area contributed by atoms with Gasteiger partial charge in [-0.1, -0.05) is 74.1 Å². The Balaban J connectivity index is 3.58. The van der Waals surface area contributed by atoms with Crippen molar-refractivity contribution in [3.05, 3.63) is 10.2 Å². The second-order valence-electron chi connectivity index (χ2n) is 5.55. The first kappa shape index (κ1) is 20.4. The molecular formula is C16H27IO4. The maximum atomic E-state index is 10.9. The Morgan fingerprint density at radius 2 is 1.43 bits per heavy atom. The lowest BCUT2D eigenvalue weighted by molar-refractivity contribution is -0.157. The highest BCUT2D eigenvalue weighted by molar-refractivity contribution is 14.1. The van der Waals surface area contributed by atoms with E-state index < -0.39 is 17.9 Å². The molecule has 0 aromatic rings. The van der Waals surface area contributed by atoms with Gasteiger partial charge < -0.3 is 10.2 Å². The monoisotopic (exact) mass is 410 g/mol. The molecule has 0 aromatic heterocycles. The smallest absolute Gasteiger partial charge is 0.318 e. The molecule has 0 aliphatic heterocycles. The van der Waals surface area contributed by atoms with Crippen molar-refractivity contribution in [2.24, 2.45) is 11.8 Å². The van der Waals surface area contributed by atoms with E-state index in [0.717, 1.165) is 25.7 Å². The first-order valence-electron chi connectivity index (χ1n) is 7.71. The molecule has 0 rings (SSSR count). The fraction of sp³-hybridized carbons (Fsp3) is 0.750. The molecule has 5 heteroatoms. The molecule has 0 heterocycles. The highest BCUT2D eigenvalue weighted by Crippen LogP contribution is 2.20. The van der Waals surface area contributed by atoms with Gasteiger partial charge in [0.1, 0.15) is 0 Å². The standard InChI is InChI=1S/C16H27IO4/c1-13(14(15(18)19)16(20)21)11-9-7-5-3-2-4-6-8-10-12-17/h10,12-14H,2-9,11H2,1H3,(H,18,19)(H,20,21). The van der Waals surface area contributed by atoms with E-state index in [1.807, 2.05) is 0 Å². The normalized spacial score (nSPS) is 12.9. The Bertz CT molecular complexity index is 314. The zero-order valence-electron chi connectivity index (χ0n) is 12.8. The molecular weight excluding hydrogens is 383 g/mol. The van der Waals surface area contributed by atoms with E-state index in [1.165, 1.54) is 25.7 Å². The molecule has 21 heavy (non-hydrogen) atoms. The maximum absolute atomic E-state index is 10.9. The van der Waals surface area contributed by atoms with Crippen LogP contribution < -0.4 is 0 Å². The van der Waals surface area contributed by atoms with Gasteiger partial charge in [0.15, 0.2) is 5.92 Å². The number of allylic oxidation sites excluding steroid dienone is 1. The molecule has 1 atom stereocenters. The van der Waals surface area contributed by atoms with Gasteiger partial charge in [0, 0.05) is 0 Å². The van der Waals surface area contributed by atoms with E-state index in [0.29, 0.717) is 6.42 Å². The van der Waals surface area contributed by atoms with E-state index in [-0.39, 0.29) is 5.92 Å². The average Bonchev–Trinajstić information content (AvgIpc) is 2.40. The third-order valence-electron chi connectivity index (χ3n) is 3.72. The molecule has 0 bridgehead atoms. The molecule has 0 fully saturated rings. The molecule has 0 amide bonds. The van der Waals surface area contributed by atoms with Crippen LogP contribution in [0.3, 0.4) is 0 Å². The summed E-state index contributed by atoms with van der Waals surface area (Å²) in [5, 5.41) is 17.8. The summed E-state index contributed by atoms with van der Waals surface area (Å²) in [7, 11) is 0. The second kappa shape index (κ2) is 13.1. The van der Waals surface area contributed by atoms with Gasteiger partial charge in [0.2, 0.25) is 0 Å². The van der Waals surface area contributed by atoms with E-state index in [4.69, 9.17) is 10.2 Å². The highest BCUT2D eigenvalue weighted by atomic mass is 127. The third-order valence-corrected chi connectivity index (χ3v) is 4.23. The van der Waals surface area contributed by atoms with Gasteiger partial charge in [0.25, 0.3) is 0 Å². The minimum Gasteiger partial charge on any atom is -0.481 e. The van der Waals surface area contributed by atoms with Crippen molar-refractivity contribution in [1.82, 2.24) is 0 Å². The van der Waals surface area contributed by atoms with E-state index in [1.54, 1.807) is 6.92 Å². The zero-order valence-corrected chi connectivity index (χ0v) is 14.9. The number of rotatable bonds is 13. The second-order valence-corrected chi connectivity index (χ2v) is 6.26. The van der Waals surface area contributed by atoms with E-state index in [9.17, 15) is 9.59 Å². The molecule has 2 N–H and O–H groups in total. The first-order valence-corrected chi connectivity index (χ1v) is 8.96. The topological polar surface area (TPSA) is 74.6 Å². The van der Waals surface area contributed by atoms with Crippen LogP contribution in [0.4, 0.5) is 0 Å². The van der Waals surface area contributed by atoms with E-state index >= 15 is 0 Å². The molecule has 0 aromatic carbocycles. The van der Waals surface area contributed by atoms with Crippen LogP contribution >= 0.6 is 22.6 Å². The first-order chi connectivity index (χ1) is 10.0. The van der Waals surface area contributed by atoms with Crippen molar-refractivity contribution in [3.63, 3.8) is 0 Å². The Morgan fingerprint density at radius 1 is 0.952 bits per heavy atom. The highest BCUT2D eigenvalue weighted by Gasteiger charge is 2.31. The lowest BCUT2D eigenvalue weighted by Crippen LogP contribution is -2.29. The fourth-order valence-electron chi connectivity index (χ4n) is 2.43. The summed E-state index contributed by atoms with van der Waals surface area (Å²) in [6.07, 6.45) is 12.1. The summed E-state index contributed by atoms with van der Waals surface area (Å²) in [5.41, 5.74) is 0. The lowest BCUT2D eigenvalue weighted by Gasteiger charge is -2.15. The van der Waals surface area contributed by atoms with Gasteiger partial charge in [-0.2, -0.15) is 0 Å². The van der Waals surface area contributed by atoms with Crippen LogP contribution in [0.15, 0.2) is 10.2 Å². The van der Waals surface area contributed by atoms with Crippen LogP contribution in [0.1, 0.15) is 64.7 Å². The predicted molar refractivity (Wildman–Crippen MR) is 92.6 cm³/mol. The Morgan fingerprint density at radius 3 is 1.90 bits per heavy atom. The number of hydrogen-bond acceptors (Lipinski definition) is 2. The maximum Gasteiger partial charge on any atom is 0.318 e. The summed E-state index contributed by atoms with van der Waals surface area (Å²) < 4.78 is 2.06. The number of carboxylic acid groups (broad SMARTS) is 2. The van der Waals surface area contributed by atoms with Crippen molar-refractivity contribution in [1.29, 1.82) is 0 Å². The lowest BCUT2D eigenvalue weighted by atomic mass is 9.89. The number of aliphatic carboxylic acids is 2. The van der Waals surface area contributed by atoms with Gasteiger partial charge in [-0.15, -0.1) is 0 Å². The summed E-state index contributed by atoms with van der Waals surface area (Å²) in [4.78, 5) is 21.8. The number of unbranched alkanes of at least 4 members (excludes halogenated alkanes) is 7. The van der Waals surface area contributed by atoms with Crippen molar-refractivity contribution in [2.45, 2.75) is 64.7 Å². The van der Waals surface area contributed by atoms with Crippen molar-refractivity contribution >= 4 is 34.5 Å². The molecule has 0 saturated carbocycles. The minimum absolute atomic E-state index is 0.305. The summed E-state index contributed by atoms with van der Waals surface area (Å²) in [6.45, 7) is 1.72. The van der Waals surface area contributed by atoms with Crippen LogP contribution in [-0.2, 0) is 9.59 Å². The molecule has 1 unspecified atom stereocenters. The third kappa shape index (κ3) is 10.7. The van der Waals surface area contributed by atoms with Crippen LogP contribution in [0, 0.1) is 11.8 Å². The van der Waals surface area contributed by atoms with Gasteiger partial charge in [0.05, 0.1) is 0 Å². The van der Waals surface area contributed by atoms with Crippen LogP contribution in [-0.4, -0.2) is 22.2 Å². The largest absolute Gasteiger partial charge is 0.481 e. The molecule has 122 valence electrons. The van der Waals surface area contributed by atoms with Crippen LogP contribution in [0.25, 0.3) is 0 Å². The Hall–Kier alpha value is -0.590. The van der Waals surface area contributed by atoms with Gasteiger partial charge in [-0.05, 0) is 29.3 Å². The van der Waals surface area contributed by atoms with Gasteiger partial charge in [-0.25, -0.2) is 0 Å². The Labute approximate surface area is 141 Å². The van der Waals surface area contributed by atoms with Gasteiger partial charge in [-0.3, -0.25) is 9.59 Å². The van der Waals surface area contributed by atoms with Crippen molar-refractivity contribution in [2.75, 3.05) is 0 Å². The quantitative estimate of drug-likeness (QED) is 0.258. The summed E-state index contributed by atoms with van der Waals surface area (Å²) >= 11 is 2.23. The average molecular weight is 410 g/mol. The number of carbonyl (C=O) groups is 2. The number of carboxylic acids is 2. The predicted octanol–water partition coefficient (Wildman–Crippen LogP) is 4.87. The van der Waals surface area contributed by atoms with Gasteiger partial charge >= 0.3 is 11.9 Å². The van der Waals surface area contributed by atoms with E-state index in [2.05, 4.69) is 32.7 Å². The molecule has 0 radical (unpaired) electrons. The summed E-state index contributed by atoms with van der Waals surface area (Å²) in [6, 6.07) is 0. The van der Waals surface area contributed by atoms with Crippen LogP contribution in [0.5, 0.6) is 0 Å². The molecule has 0 aliphatic rings. The SMILES string of the molecule is CC(CCCCCCCCCC=CI)C(C(=O)O)C(=O)O. The minimum atomic E-state index is -1.27. The van der Waals surface area contributed by atoms with Crippen LogP contribution in [0.2, 0.25) is 0 Å². The van der Waals surface area contributed by atoms with Crippen molar-refractivity contribution in [3.8, 4) is 0 Å². The summed E-state index contributed by atoms with van der Waals surface area (Å²) in [5.74, 6) is -4.03. The number of halogens is 1. The molecule has 0 aliphatic carbocycles. The number of hydrogen-bond donors (Lipinski definition) is 2. The zero-order chi connectivity index (χ0) is 16.1.